The number of alkyl halides is 6. The third-order valence-electron chi connectivity index (χ3n) is 10.2. The number of amides is 2. The van der Waals surface area contributed by atoms with Gasteiger partial charge in [-0.05, 0) is 144 Å². The molecular formula is C40H50F6N2O9. The van der Waals surface area contributed by atoms with Crippen LogP contribution in [-0.4, -0.2) is 90.5 Å². The highest BCUT2D eigenvalue weighted by atomic mass is 19.4. The average Bonchev–Trinajstić information content (AvgIpc) is 3.79. The van der Waals surface area contributed by atoms with Crippen molar-refractivity contribution in [3.05, 3.63) is 63.4 Å². The zero-order chi connectivity index (χ0) is 42.5. The Morgan fingerprint density at radius 3 is 1.74 bits per heavy atom. The number of esters is 1. The van der Waals surface area contributed by atoms with Crippen molar-refractivity contribution >= 4 is 23.4 Å². The summed E-state index contributed by atoms with van der Waals surface area (Å²) in [5.41, 5.74) is 1.61. The summed E-state index contributed by atoms with van der Waals surface area (Å²) >= 11 is 0. The summed E-state index contributed by atoms with van der Waals surface area (Å²) < 4.78 is 89.0. The van der Waals surface area contributed by atoms with Crippen LogP contribution in [0.15, 0.2) is 30.0 Å². The van der Waals surface area contributed by atoms with Crippen LogP contribution in [0.25, 0.3) is 5.57 Å². The minimum absolute atomic E-state index is 0.0212. The van der Waals surface area contributed by atoms with E-state index in [2.05, 4.69) is 0 Å². The molecule has 0 radical (unpaired) electrons. The fourth-order valence-corrected chi connectivity index (χ4v) is 7.50. The Kier molecular flexibility index (Phi) is 14.2. The van der Waals surface area contributed by atoms with Gasteiger partial charge >= 0.3 is 18.3 Å². The number of likely N-dealkylation sites (N-methyl/N-ethyl adjacent to an activating group) is 2. The molecule has 2 amide bonds. The van der Waals surface area contributed by atoms with E-state index in [1.807, 2.05) is 0 Å². The molecule has 0 atom stereocenters. The average molecular weight is 817 g/mol. The zero-order valence-corrected chi connectivity index (χ0v) is 33.2. The standard InChI is InChI=1S/C21H28F3NO5.C19H22F3NO4/c1-5-28-19(27)20(8-6-7-9-20)30-25(4)18(26)12-17-14(2)10-16(11-15(17)3)29-13-21(22,23)24;1-11-8-13(26-10-19(20,21)22)9-12(2)14(11)15-16(24)18(6-4-5-7-18)27-23(3)17(15)25/h10-11H,5-9,12-13H2,1-4H3;8-9,24H,4-7,10H2,1-3H3. The lowest BCUT2D eigenvalue weighted by molar-refractivity contribution is -0.237. The summed E-state index contributed by atoms with van der Waals surface area (Å²) in [6.07, 6.45) is -3.36. The van der Waals surface area contributed by atoms with Crippen LogP contribution in [0.4, 0.5) is 26.3 Å². The smallest absolute Gasteiger partial charge is 0.422 e. The van der Waals surface area contributed by atoms with Crippen LogP contribution in [0.2, 0.25) is 0 Å². The summed E-state index contributed by atoms with van der Waals surface area (Å²) in [7, 11) is 2.95. The molecule has 2 aromatic carbocycles. The van der Waals surface area contributed by atoms with Gasteiger partial charge in [0.1, 0.15) is 17.3 Å². The highest BCUT2D eigenvalue weighted by molar-refractivity contribution is 6.21. The van der Waals surface area contributed by atoms with E-state index in [-0.39, 0.29) is 41.8 Å². The first kappa shape index (κ1) is 45.2. The molecule has 57 heavy (non-hydrogen) atoms. The number of hydrogen-bond donors (Lipinski definition) is 1. The molecule has 2 fully saturated rings. The lowest BCUT2D eigenvalue weighted by atomic mass is 9.87. The summed E-state index contributed by atoms with van der Waals surface area (Å²) in [4.78, 5) is 49.3. The molecule has 0 aromatic heterocycles. The molecule has 11 nitrogen and oxygen atoms in total. The largest absolute Gasteiger partial charge is 0.508 e. The topological polar surface area (TPSA) is 124 Å². The predicted molar refractivity (Wildman–Crippen MR) is 195 cm³/mol. The van der Waals surface area contributed by atoms with Crippen molar-refractivity contribution in [2.45, 2.75) is 116 Å². The fourth-order valence-electron chi connectivity index (χ4n) is 7.50. The predicted octanol–water partition coefficient (Wildman–Crippen LogP) is 8.28. The van der Waals surface area contributed by atoms with Gasteiger partial charge < -0.3 is 19.3 Å². The number of aryl methyl sites for hydroxylation is 4. The van der Waals surface area contributed by atoms with Crippen LogP contribution >= 0.6 is 0 Å². The van der Waals surface area contributed by atoms with Crippen molar-refractivity contribution in [2.75, 3.05) is 33.9 Å². The molecule has 0 unspecified atom stereocenters. The normalized spacial score (nSPS) is 17.7. The van der Waals surface area contributed by atoms with E-state index in [1.165, 1.54) is 38.4 Å². The third-order valence-corrected chi connectivity index (χ3v) is 10.2. The van der Waals surface area contributed by atoms with Crippen LogP contribution in [0.1, 0.15) is 91.7 Å². The molecule has 0 saturated heterocycles. The minimum atomic E-state index is -4.44. The monoisotopic (exact) mass is 816 g/mol. The summed E-state index contributed by atoms with van der Waals surface area (Å²) in [5.74, 6) is -1.27. The van der Waals surface area contributed by atoms with Crippen molar-refractivity contribution in [1.29, 1.82) is 0 Å². The Morgan fingerprint density at radius 1 is 0.825 bits per heavy atom. The van der Waals surface area contributed by atoms with Crippen molar-refractivity contribution in [1.82, 2.24) is 10.1 Å². The number of carbonyl (C=O) groups is 3. The van der Waals surface area contributed by atoms with E-state index in [4.69, 9.17) is 23.9 Å². The number of carbonyl (C=O) groups excluding carboxylic acids is 3. The molecule has 1 N–H and O–H groups in total. The fraction of sp³-hybridized carbons (Fsp3) is 0.575. The Bertz CT molecular complexity index is 1780. The highest BCUT2D eigenvalue weighted by Gasteiger charge is 2.49. The maximum atomic E-state index is 12.7. The van der Waals surface area contributed by atoms with Crippen molar-refractivity contribution in [2.24, 2.45) is 0 Å². The van der Waals surface area contributed by atoms with Gasteiger partial charge in [-0.3, -0.25) is 19.3 Å². The van der Waals surface area contributed by atoms with Crippen LogP contribution < -0.4 is 9.47 Å². The molecule has 1 aliphatic heterocycles. The SMILES string of the molecule is CCOC(=O)C1(ON(C)C(=O)Cc2c(C)cc(OCC(F)(F)F)cc2C)CCCC1.Cc1cc(OCC(F)(F)F)cc(C)c1C1=C(O)C2(CCCC2)ON(C)C1=O. The Morgan fingerprint density at radius 2 is 1.28 bits per heavy atom. The molecule has 1 heterocycles. The zero-order valence-electron chi connectivity index (χ0n) is 33.2. The van der Waals surface area contributed by atoms with Gasteiger partial charge in [0.2, 0.25) is 5.91 Å². The molecule has 2 aliphatic carbocycles. The van der Waals surface area contributed by atoms with Gasteiger partial charge in [0.15, 0.2) is 24.4 Å². The van der Waals surface area contributed by atoms with Gasteiger partial charge in [0.25, 0.3) is 5.91 Å². The maximum absolute atomic E-state index is 12.7. The number of ether oxygens (including phenoxy) is 3. The third kappa shape index (κ3) is 11.1. The number of aliphatic hydroxyl groups is 1. The lowest BCUT2D eigenvalue weighted by Crippen LogP contribution is -2.47. The number of nitrogens with zero attached hydrogens (tertiary/aromatic N) is 2. The molecule has 2 aromatic rings. The summed E-state index contributed by atoms with van der Waals surface area (Å²) in [5, 5.41) is 13.1. The second-order valence-corrected chi connectivity index (χ2v) is 14.7. The molecule has 3 aliphatic rings. The van der Waals surface area contributed by atoms with Gasteiger partial charge in [-0.15, -0.1) is 0 Å². The van der Waals surface area contributed by atoms with Crippen LogP contribution in [0.5, 0.6) is 11.5 Å². The minimum Gasteiger partial charge on any atom is -0.508 e. The second-order valence-electron chi connectivity index (χ2n) is 14.7. The van der Waals surface area contributed by atoms with Gasteiger partial charge in [-0.2, -0.15) is 26.3 Å². The first-order valence-electron chi connectivity index (χ1n) is 18.7. The number of hydroxylamine groups is 4. The summed E-state index contributed by atoms with van der Waals surface area (Å²) in [6.45, 7) is 5.92. The molecule has 1 spiro atoms. The maximum Gasteiger partial charge on any atom is 0.422 e. The van der Waals surface area contributed by atoms with Crippen molar-refractivity contribution in [3.63, 3.8) is 0 Å². The van der Waals surface area contributed by atoms with E-state index in [1.54, 1.807) is 34.6 Å². The van der Waals surface area contributed by atoms with Gasteiger partial charge in [-0.1, -0.05) is 0 Å². The molecule has 316 valence electrons. The second kappa shape index (κ2) is 18.0. The van der Waals surface area contributed by atoms with Crippen LogP contribution in [-0.2, 0) is 35.2 Å². The van der Waals surface area contributed by atoms with E-state index >= 15 is 0 Å². The molecule has 17 heteroatoms. The van der Waals surface area contributed by atoms with E-state index in [9.17, 15) is 45.8 Å². The van der Waals surface area contributed by atoms with Crippen LogP contribution in [0.3, 0.4) is 0 Å². The first-order valence-corrected chi connectivity index (χ1v) is 18.7. The van der Waals surface area contributed by atoms with Gasteiger partial charge in [-0.25, -0.2) is 14.9 Å². The van der Waals surface area contributed by atoms with E-state index < -0.39 is 48.6 Å². The molecule has 5 rings (SSSR count). The lowest BCUT2D eigenvalue weighted by Gasteiger charge is -2.38. The number of benzene rings is 2. The highest BCUT2D eigenvalue weighted by Crippen LogP contribution is 2.46. The van der Waals surface area contributed by atoms with E-state index in [0.29, 0.717) is 59.1 Å². The molecule has 2 saturated carbocycles. The van der Waals surface area contributed by atoms with Crippen LogP contribution in [0, 0.1) is 27.7 Å². The quantitative estimate of drug-likeness (QED) is 0.136. The summed E-state index contributed by atoms with van der Waals surface area (Å²) in [6, 6.07) is 5.83. The Labute approximate surface area is 327 Å². The molecular weight excluding hydrogens is 766 g/mol. The first-order chi connectivity index (χ1) is 26.5. The Balaban J connectivity index is 0.000000254. The number of hydrogen-bond acceptors (Lipinski definition) is 9. The number of aliphatic hydroxyl groups excluding tert-OH is 1. The van der Waals surface area contributed by atoms with Crippen molar-refractivity contribution < 1.29 is 69.7 Å². The van der Waals surface area contributed by atoms with Gasteiger partial charge in [0.05, 0.1) is 18.6 Å². The van der Waals surface area contributed by atoms with E-state index in [0.717, 1.165) is 35.8 Å². The van der Waals surface area contributed by atoms with Gasteiger partial charge in [0, 0.05) is 14.1 Å². The number of rotatable bonds is 11. The number of halogens is 6. The van der Waals surface area contributed by atoms with Crippen molar-refractivity contribution in [3.8, 4) is 11.5 Å². The molecule has 0 bridgehead atoms. The Hall–Kier alpha value is -4.51.